The Balaban J connectivity index is 2.03. The van der Waals surface area contributed by atoms with E-state index in [4.69, 9.17) is 0 Å². The van der Waals surface area contributed by atoms with Crippen LogP contribution in [0, 0.1) is 5.92 Å². The zero-order valence-corrected chi connectivity index (χ0v) is 12.9. The molecule has 3 rings (SSSR count). The molecule has 1 unspecified atom stereocenters. The van der Waals surface area contributed by atoms with Crippen molar-refractivity contribution in [3.63, 3.8) is 0 Å². The van der Waals surface area contributed by atoms with Gasteiger partial charge in [0.25, 0.3) is 0 Å². The van der Waals surface area contributed by atoms with E-state index >= 15 is 0 Å². The van der Waals surface area contributed by atoms with E-state index in [0.29, 0.717) is 5.78 Å². The fraction of sp³-hybridized carbons (Fsp3) is 0.350. The zero-order chi connectivity index (χ0) is 14.8. The monoisotopic (exact) mass is 278 g/mol. The quantitative estimate of drug-likeness (QED) is 0.763. The Hall–Kier alpha value is -1.89. The van der Waals surface area contributed by atoms with Crippen LogP contribution in [0.15, 0.2) is 42.5 Å². The van der Waals surface area contributed by atoms with Crippen LogP contribution in [0.2, 0.25) is 0 Å². The highest BCUT2D eigenvalue weighted by Crippen LogP contribution is 2.35. The first-order valence-electron chi connectivity index (χ1n) is 7.96. The van der Waals surface area contributed by atoms with Gasteiger partial charge >= 0.3 is 0 Å². The molecule has 1 heteroatoms. The minimum Gasteiger partial charge on any atom is -0.294 e. The van der Waals surface area contributed by atoms with Crippen molar-refractivity contribution in [2.45, 2.75) is 39.5 Å². The van der Waals surface area contributed by atoms with E-state index in [0.717, 1.165) is 24.0 Å². The number of aryl methyl sites for hydroxylation is 1. The highest BCUT2D eigenvalue weighted by Gasteiger charge is 2.29. The summed E-state index contributed by atoms with van der Waals surface area (Å²) < 4.78 is 0. The summed E-state index contributed by atoms with van der Waals surface area (Å²) >= 11 is 0. The molecule has 0 heterocycles. The highest BCUT2D eigenvalue weighted by molar-refractivity contribution is 6.07. The van der Waals surface area contributed by atoms with Gasteiger partial charge in [-0.25, -0.2) is 0 Å². The minimum absolute atomic E-state index is 0.129. The fourth-order valence-electron chi connectivity index (χ4n) is 3.25. The molecule has 1 atom stereocenters. The smallest absolute Gasteiger partial charge is 0.166 e. The van der Waals surface area contributed by atoms with Gasteiger partial charge in [-0.3, -0.25) is 4.79 Å². The summed E-state index contributed by atoms with van der Waals surface area (Å²) in [5.74, 6) is 0.434. The highest BCUT2D eigenvalue weighted by atomic mass is 16.1. The molecule has 0 fully saturated rings. The Kier molecular flexibility index (Phi) is 3.92. The maximum Gasteiger partial charge on any atom is 0.166 e. The Bertz CT molecular complexity index is 669. The van der Waals surface area contributed by atoms with Crippen LogP contribution < -0.4 is 0 Å². The van der Waals surface area contributed by atoms with Gasteiger partial charge in [0.05, 0.1) is 0 Å². The summed E-state index contributed by atoms with van der Waals surface area (Å²) in [6.45, 7) is 4.25. The van der Waals surface area contributed by atoms with Crippen LogP contribution in [0.4, 0.5) is 0 Å². The molecule has 0 N–H and O–H groups in total. The molecule has 21 heavy (non-hydrogen) atoms. The number of unbranched alkanes of at least 4 members (excludes halogenated alkanes) is 1. The average molecular weight is 278 g/mol. The molecule has 1 aliphatic rings. The van der Waals surface area contributed by atoms with Gasteiger partial charge in [0, 0.05) is 11.5 Å². The van der Waals surface area contributed by atoms with E-state index in [9.17, 15) is 4.79 Å². The number of fused-ring (bicyclic) bond motifs is 1. The molecule has 2 aromatic carbocycles. The van der Waals surface area contributed by atoms with Crippen molar-refractivity contribution in [3.05, 3.63) is 59.2 Å². The Morgan fingerprint density at radius 3 is 2.76 bits per heavy atom. The van der Waals surface area contributed by atoms with Crippen molar-refractivity contribution in [3.8, 4) is 11.1 Å². The molecule has 0 saturated heterocycles. The maximum atomic E-state index is 12.4. The summed E-state index contributed by atoms with van der Waals surface area (Å²) in [5.41, 5.74) is 5.83. The van der Waals surface area contributed by atoms with Crippen LogP contribution in [-0.4, -0.2) is 5.78 Å². The molecule has 108 valence electrons. The second kappa shape index (κ2) is 5.85. The van der Waals surface area contributed by atoms with Gasteiger partial charge < -0.3 is 0 Å². The van der Waals surface area contributed by atoms with Gasteiger partial charge in [-0.1, -0.05) is 62.7 Å². The number of rotatable bonds is 4. The lowest BCUT2D eigenvalue weighted by atomic mass is 9.94. The lowest BCUT2D eigenvalue weighted by Gasteiger charge is -2.10. The van der Waals surface area contributed by atoms with Crippen LogP contribution in [-0.2, 0) is 12.8 Å². The number of carbonyl (C=O) groups is 1. The maximum absolute atomic E-state index is 12.4. The van der Waals surface area contributed by atoms with E-state index in [1.165, 1.54) is 29.5 Å². The number of benzene rings is 2. The van der Waals surface area contributed by atoms with Gasteiger partial charge in [0.15, 0.2) is 5.78 Å². The third kappa shape index (κ3) is 2.65. The average Bonchev–Trinajstić information content (AvgIpc) is 2.80. The standard InChI is InChI=1S/C20H22O/c1-3-4-7-15-8-5-9-16(13-15)18-11-6-10-17-12-14(2)20(21)19(17)18/h5-6,8-11,13-14H,3-4,7,12H2,1-2H3. The van der Waals surface area contributed by atoms with Crippen molar-refractivity contribution >= 4 is 5.78 Å². The zero-order valence-electron chi connectivity index (χ0n) is 12.9. The summed E-state index contributed by atoms with van der Waals surface area (Å²) in [4.78, 5) is 12.4. The number of hydrogen-bond donors (Lipinski definition) is 0. The van der Waals surface area contributed by atoms with Gasteiger partial charge in [-0.05, 0) is 41.5 Å². The van der Waals surface area contributed by atoms with E-state index in [2.05, 4.69) is 49.4 Å². The van der Waals surface area contributed by atoms with E-state index < -0.39 is 0 Å². The molecule has 0 aliphatic heterocycles. The van der Waals surface area contributed by atoms with Crippen molar-refractivity contribution in [2.24, 2.45) is 5.92 Å². The van der Waals surface area contributed by atoms with Crippen LogP contribution in [0.5, 0.6) is 0 Å². The lowest BCUT2D eigenvalue weighted by Crippen LogP contribution is -2.04. The van der Waals surface area contributed by atoms with Crippen molar-refractivity contribution in [1.29, 1.82) is 0 Å². The Morgan fingerprint density at radius 1 is 1.14 bits per heavy atom. The normalized spacial score (nSPS) is 17.0. The molecule has 0 amide bonds. The van der Waals surface area contributed by atoms with Gasteiger partial charge in [-0.2, -0.15) is 0 Å². The lowest BCUT2D eigenvalue weighted by molar-refractivity contribution is 0.0947. The molecule has 0 radical (unpaired) electrons. The molecule has 0 aromatic heterocycles. The van der Waals surface area contributed by atoms with Gasteiger partial charge in [0.2, 0.25) is 0 Å². The van der Waals surface area contributed by atoms with Crippen molar-refractivity contribution < 1.29 is 4.79 Å². The van der Waals surface area contributed by atoms with Crippen LogP contribution in [0.1, 0.15) is 48.2 Å². The molecule has 1 nitrogen and oxygen atoms in total. The molecule has 0 saturated carbocycles. The molecule has 1 aliphatic carbocycles. The van der Waals surface area contributed by atoms with E-state index in [-0.39, 0.29) is 5.92 Å². The second-order valence-corrected chi connectivity index (χ2v) is 6.11. The van der Waals surface area contributed by atoms with Gasteiger partial charge in [-0.15, -0.1) is 0 Å². The van der Waals surface area contributed by atoms with Crippen molar-refractivity contribution in [2.75, 3.05) is 0 Å². The third-order valence-corrected chi connectivity index (χ3v) is 4.43. The number of carbonyl (C=O) groups excluding carboxylic acids is 1. The Labute approximate surface area is 127 Å². The molecule has 0 bridgehead atoms. The largest absolute Gasteiger partial charge is 0.294 e. The first kappa shape index (κ1) is 14.1. The van der Waals surface area contributed by atoms with Crippen molar-refractivity contribution in [1.82, 2.24) is 0 Å². The topological polar surface area (TPSA) is 17.1 Å². The first-order valence-corrected chi connectivity index (χ1v) is 7.96. The second-order valence-electron chi connectivity index (χ2n) is 6.11. The van der Waals surface area contributed by atoms with Crippen LogP contribution in [0.25, 0.3) is 11.1 Å². The van der Waals surface area contributed by atoms with Crippen LogP contribution >= 0.6 is 0 Å². The number of hydrogen-bond acceptors (Lipinski definition) is 1. The van der Waals surface area contributed by atoms with E-state index in [1.54, 1.807) is 0 Å². The minimum atomic E-state index is 0.129. The van der Waals surface area contributed by atoms with E-state index in [1.807, 2.05) is 6.92 Å². The predicted octanol–water partition coefficient (Wildman–Crippen LogP) is 5.07. The Morgan fingerprint density at radius 2 is 1.95 bits per heavy atom. The summed E-state index contributed by atoms with van der Waals surface area (Å²) in [6.07, 6.45) is 4.43. The SMILES string of the molecule is CCCCc1cccc(-c2cccc3c2C(=O)C(C)C3)c1. The first-order chi connectivity index (χ1) is 10.2. The number of ketones is 1. The summed E-state index contributed by atoms with van der Waals surface area (Å²) in [6, 6.07) is 14.9. The summed E-state index contributed by atoms with van der Waals surface area (Å²) in [5, 5.41) is 0. The molecule has 2 aromatic rings. The summed E-state index contributed by atoms with van der Waals surface area (Å²) in [7, 11) is 0. The predicted molar refractivity (Wildman–Crippen MR) is 87.7 cm³/mol. The molecule has 0 spiro atoms. The van der Waals surface area contributed by atoms with Gasteiger partial charge in [0.1, 0.15) is 0 Å². The third-order valence-electron chi connectivity index (χ3n) is 4.43. The molecular weight excluding hydrogens is 256 g/mol. The fourth-order valence-corrected chi connectivity index (χ4v) is 3.25. The number of Topliss-reactive ketones (excluding diaryl/α,β-unsaturated/α-hetero) is 1. The molecular formula is C20H22O. The van der Waals surface area contributed by atoms with Crippen LogP contribution in [0.3, 0.4) is 0 Å².